The Bertz CT molecular complexity index is 190. The summed E-state index contributed by atoms with van der Waals surface area (Å²) in [6.45, 7) is 5.30. The molecule has 0 bridgehead atoms. The average Bonchev–Trinajstić information content (AvgIpc) is 2.68. The van der Waals surface area contributed by atoms with Crippen molar-refractivity contribution >= 4 is 10.8 Å². The van der Waals surface area contributed by atoms with Crippen molar-refractivity contribution in [3.05, 3.63) is 0 Å². The molecule has 3 heteroatoms. The molecule has 2 unspecified atom stereocenters. The Hall–Kier alpha value is 0.110. The molecule has 1 aliphatic rings. The molecule has 0 heterocycles. The standard InChI is InChI=1S/C12H25NOS/c1-3-13-11(2)8-9-15(14)10-12-6-4-5-7-12/h11-13H,3-10H2,1-2H3. The second-order valence-corrected chi connectivity index (χ2v) is 6.33. The van der Waals surface area contributed by atoms with Crippen LogP contribution in [0.1, 0.15) is 46.0 Å². The fourth-order valence-electron chi connectivity index (χ4n) is 2.28. The minimum Gasteiger partial charge on any atom is -0.315 e. The fourth-order valence-corrected chi connectivity index (χ4v) is 3.92. The van der Waals surface area contributed by atoms with Gasteiger partial charge in [-0.1, -0.05) is 19.8 Å². The van der Waals surface area contributed by atoms with E-state index < -0.39 is 10.8 Å². The van der Waals surface area contributed by atoms with E-state index in [0.29, 0.717) is 6.04 Å². The molecule has 0 radical (unpaired) electrons. The zero-order valence-corrected chi connectivity index (χ0v) is 10.9. The largest absolute Gasteiger partial charge is 0.315 e. The minimum absolute atomic E-state index is 0.516. The van der Waals surface area contributed by atoms with E-state index in [9.17, 15) is 4.21 Å². The summed E-state index contributed by atoms with van der Waals surface area (Å²) in [5.74, 6) is 2.60. The first-order chi connectivity index (χ1) is 7.22. The molecule has 15 heavy (non-hydrogen) atoms. The summed E-state index contributed by atoms with van der Waals surface area (Å²) in [4.78, 5) is 0. The lowest BCUT2D eigenvalue weighted by Crippen LogP contribution is -2.27. The van der Waals surface area contributed by atoms with Crippen molar-refractivity contribution in [3.8, 4) is 0 Å². The Morgan fingerprint density at radius 2 is 2.07 bits per heavy atom. The van der Waals surface area contributed by atoms with Crippen molar-refractivity contribution in [1.82, 2.24) is 5.32 Å². The molecule has 1 fully saturated rings. The van der Waals surface area contributed by atoms with Gasteiger partial charge in [-0.2, -0.15) is 0 Å². The molecular weight excluding hydrogens is 206 g/mol. The molecule has 0 aromatic heterocycles. The second-order valence-electron chi connectivity index (χ2n) is 4.71. The topological polar surface area (TPSA) is 29.1 Å². The molecule has 1 saturated carbocycles. The Kier molecular flexibility index (Phi) is 6.50. The molecule has 0 aromatic rings. The fraction of sp³-hybridized carbons (Fsp3) is 1.00. The predicted octanol–water partition coefficient (Wildman–Crippen LogP) is 2.31. The lowest BCUT2D eigenvalue weighted by molar-refractivity contribution is 0.550. The van der Waals surface area contributed by atoms with Gasteiger partial charge < -0.3 is 5.32 Å². The quantitative estimate of drug-likeness (QED) is 0.728. The van der Waals surface area contributed by atoms with Crippen LogP contribution in [0.15, 0.2) is 0 Å². The number of hydrogen-bond donors (Lipinski definition) is 1. The first-order valence-corrected chi connectivity index (χ1v) is 7.79. The van der Waals surface area contributed by atoms with Crippen LogP contribution in [-0.4, -0.2) is 28.3 Å². The van der Waals surface area contributed by atoms with Crippen LogP contribution in [0.3, 0.4) is 0 Å². The second kappa shape index (κ2) is 7.39. The third-order valence-corrected chi connectivity index (χ3v) is 4.76. The average molecular weight is 231 g/mol. The van der Waals surface area contributed by atoms with E-state index in [1.54, 1.807) is 0 Å². The van der Waals surface area contributed by atoms with Gasteiger partial charge >= 0.3 is 0 Å². The molecule has 1 rings (SSSR count). The van der Waals surface area contributed by atoms with E-state index in [1.807, 2.05) is 0 Å². The van der Waals surface area contributed by atoms with Gasteiger partial charge in [0.25, 0.3) is 0 Å². The molecule has 2 atom stereocenters. The van der Waals surface area contributed by atoms with Crippen LogP contribution in [-0.2, 0) is 10.8 Å². The highest BCUT2D eigenvalue weighted by Gasteiger charge is 2.17. The number of nitrogens with one attached hydrogen (secondary N) is 1. The summed E-state index contributed by atoms with van der Waals surface area (Å²) in [6.07, 6.45) is 6.39. The molecule has 0 spiro atoms. The van der Waals surface area contributed by atoms with Crippen LogP contribution < -0.4 is 5.32 Å². The maximum atomic E-state index is 11.8. The summed E-state index contributed by atoms with van der Waals surface area (Å²) in [7, 11) is -0.574. The Balaban J connectivity index is 2.07. The minimum atomic E-state index is -0.574. The van der Waals surface area contributed by atoms with Crippen molar-refractivity contribution in [2.24, 2.45) is 5.92 Å². The van der Waals surface area contributed by atoms with E-state index >= 15 is 0 Å². The smallest absolute Gasteiger partial charge is 0.0263 e. The van der Waals surface area contributed by atoms with Crippen LogP contribution in [0.25, 0.3) is 0 Å². The molecule has 1 N–H and O–H groups in total. The van der Waals surface area contributed by atoms with Gasteiger partial charge in [-0.3, -0.25) is 4.21 Å². The molecule has 2 nitrogen and oxygen atoms in total. The number of hydrogen-bond acceptors (Lipinski definition) is 2. The van der Waals surface area contributed by atoms with Crippen molar-refractivity contribution in [3.63, 3.8) is 0 Å². The Morgan fingerprint density at radius 1 is 1.40 bits per heavy atom. The van der Waals surface area contributed by atoms with Crippen LogP contribution in [0, 0.1) is 5.92 Å². The molecule has 1 aliphatic carbocycles. The van der Waals surface area contributed by atoms with Crippen LogP contribution in [0.2, 0.25) is 0 Å². The van der Waals surface area contributed by atoms with Crippen LogP contribution >= 0.6 is 0 Å². The molecule has 0 saturated heterocycles. The highest BCUT2D eigenvalue weighted by Crippen LogP contribution is 2.25. The molecular formula is C12H25NOS. The van der Waals surface area contributed by atoms with Gasteiger partial charge in [-0.05, 0) is 38.6 Å². The zero-order valence-electron chi connectivity index (χ0n) is 10.1. The highest BCUT2D eigenvalue weighted by atomic mass is 32.2. The summed E-state index contributed by atoms with van der Waals surface area (Å²) < 4.78 is 11.8. The maximum Gasteiger partial charge on any atom is 0.0263 e. The van der Waals surface area contributed by atoms with E-state index in [1.165, 1.54) is 25.7 Å². The van der Waals surface area contributed by atoms with Gasteiger partial charge in [0.05, 0.1) is 0 Å². The normalized spacial score (nSPS) is 21.7. The maximum absolute atomic E-state index is 11.8. The summed E-state index contributed by atoms with van der Waals surface area (Å²) >= 11 is 0. The SMILES string of the molecule is CCNC(C)CCS(=O)CC1CCCC1. The van der Waals surface area contributed by atoms with Crippen molar-refractivity contribution in [2.75, 3.05) is 18.1 Å². The monoisotopic (exact) mass is 231 g/mol. The highest BCUT2D eigenvalue weighted by molar-refractivity contribution is 7.84. The van der Waals surface area contributed by atoms with Crippen molar-refractivity contribution in [1.29, 1.82) is 0 Å². The van der Waals surface area contributed by atoms with Crippen LogP contribution in [0.4, 0.5) is 0 Å². The lowest BCUT2D eigenvalue weighted by atomic mass is 10.1. The van der Waals surface area contributed by atoms with Gasteiger partial charge in [-0.25, -0.2) is 0 Å². The van der Waals surface area contributed by atoms with Gasteiger partial charge in [0.1, 0.15) is 0 Å². The van der Waals surface area contributed by atoms with Gasteiger partial charge in [0.15, 0.2) is 0 Å². The van der Waals surface area contributed by atoms with Crippen molar-refractivity contribution in [2.45, 2.75) is 52.0 Å². The van der Waals surface area contributed by atoms with E-state index in [2.05, 4.69) is 19.2 Å². The first-order valence-electron chi connectivity index (χ1n) is 6.30. The molecule has 0 aliphatic heterocycles. The van der Waals surface area contributed by atoms with Gasteiger partial charge in [0, 0.05) is 28.3 Å². The third kappa shape index (κ3) is 5.67. The third-order valence-electron chi connectivity index (χ3n) is 3.23. The first kappa shape index (κ1) is 13.2. The summed E-state index contributed by atoms with van der Waals surface area (Å²) in [6, 6.07) is 0.516. The molecule has 90 valence electrons. The number of rotatable bonds is 7. The van der Waals surface area contributed by atoms with E-state index in [4.69, 9.17) is 0 Å². The van der Waals surface area contributed by atoms with Gasteiger partial charge in [0.2, 0.25) is 0 Å². The van der Waals surface area contributed by atoms with E-state index in [0.717, 1.165) is 30.4 Å². The molecule has 0 amide bonds. The van der Waals surface area contributed by atoms with Crippen LogP contribution in [0.5, 0.6) is 0 Å². The lowest BCUT2D eigenvalue weighted by Gasteiger charge is -2.13. The van der Waals surface area contributed by atoms with Crippen molar-refractivity contribution < 1.29 is 4.21 Å². The molecule has 0 aromatic carbocycles. The Morgan fingerprint density at radius 3 is 2.67 bits per heavy atom. The predicted molar refractivity (Wildman–Crippen MR) is 67.6 cm³/mol. The van der Waals surface area contributed by atoms with Gasteiger partial charge in [-0.15, -0.1) is 0 Å². The summed E-state index contributed by atoms with van der Waals surface area (Å²) in [5, 5.41) is 3.36. The zero-order chi connectivity index (χ0) is 11.1. The summed E-state index contributed by atoms with van der Waals surface area (Å²) in [5.41, 5.74) is 0. The van der Waals surface area contributed by atoms with E-state index in [-0.39, 0.29) is 0 Å². The Labute approximate surface area is 96.7 Å².